The zero-order valence-corrected chi connectivity index (χ0v) is 19.3. The van der Waals surface area contributed by atoms with Crippen LogP contribution in [0.25, 0.3) is 22.0 Å². The molecule has 1 N–H and O–H groups in total. The van der Waals surface area contributed by atoms with Gasteiger partial charge >= 0.3 is 0 Å². The third-order valence-corrected chi connectivity index (χ3v) is 7.00. The first-order valence-electron chi connectivity index (χ1n) is 10.7. The van der Waals surface area contributed by atoms with Crippen molar-refractivity contribution in [2.24, 2.45) is 5.92 Å². The molecule has 4 aromatic rings. The summed E-state index contributed by atoms with van der Waals surface area (Å²) in [6.45, 7) is 3.38. The summed E-state index contributed by atoms with van der Waals surface area (Å²) < 4.78 is 2.25. The summed E-state index contributed by atoms with van der Waals surface area (Å²) in [5.74, 6) is 0.594. The van der Waals surface area contributed by atoms with Gasteiger partial charge in [0.25, 0.3) is 5.91 Å². The van der Waals surface area contributed by atoms with E-state index in [9.17, 15) is 4.79 Å². The highest BCUT2D eigenvalue weighted by Gasteiger charge is 2.27. The lowest BCUT2D eigenvalue weighted by atomic mass is 10.2. The van der Waals surface area contributed by atoms with E-state index in [1.54, 1.807) is 23.7 Å². The van der Waals surface area contributed by atoms with Gasteiger partial charge in [0, 0.05) is 42.1 Å². The number of rotatable bonds is 7. The molecule has 0 radical (unpaired) electrons. The van der Waals surface area contributed by atoms with Gasteiger partial charge in [0.15, 0.2) is 0 Å². The van der Waals surface area contributed by atoms with Crippen molar-refractivity contribution in [3.05, 3.63) is 82.1 Å². The van der Waals surface area contributed by atoms with Crippen LogP contribution in [-0.2, 0) is 13.1 Å². The molecule has 0 unspecified atom stereocenters. The van der Waals surface area contributed by atoms with Crippen molar-refractivity contribution in [1.82, 2.24) is 19.9 Å². The van der Waals surface area contributed by atoms with E-state index in [-0.39, 0.29) is 5.91 Å². The predicted molar refractivity (Wildman–Crippen MR) is 129 cm³/mol. The molecule has 0 spiro atoms. The highest BCUT2D eigenvalue weighted by molar-refractivity contribution is 7.13. The molecule has 1 saturated carbocycles. The average molecular weight is 463 g/mol. The number of aromatic nitrogens is 3. The lowest BCUT2D eigenvalue weighted by molar-refractivity contribution is 0.0950. The van der Waals surface area contributed by atoms with Crippen molar-refractivity contribution < 1.29 is 4.79 Å². The Morgan fingerprint density at radius 1 is 1.25 bits per heavy atom. The fourth-order valence-corrected chi connectivity index (χ4v) is 4.95. The minimum atomic E-state index is -0.0799. The van der Waals surface area contributed by atoms with Gasteiger partial charge in [-0.3, -0.25) is 9.78 Å². The maximum absolute atomic E-state index is 13.0. The predicted octanol–water partition coefficient (Wildman–Crippen LogP) is 5.98. The number of hydrogen-bond acceptors (Lipinski definition) is 4. The third-order valence-electron chi connectivity index (χ3n) is 5.80. The Balaban J connectivity index is 1.46. The van der Waals surface area contributed by atoms with Crippen LogP contribution in [0.2, 0.25) is 5.02 Å². The molecule has 0 saturated heterocycles. The number of carbonyl (C=O) groups excluding carboxylic acids is 1. The number of nitrogens with one attached hydrogen (secondary N) is 1. The molecule has 1 fully saturated rings. The minimum absolute atomic E-state index is 0.0799. The number of benzene rings is 1. The van der Waals surface area contributed by atoms with Gasteiger partial charge in [0.1, 0.15) is 5.01 Å². The molecule has 3 heterocycles. The summed E-state index contributed by atoms with van der Waals surface area (Å²) in [7, 11) is 0. The van der Waals surface area contributed by atoms with E-state index in [1.807, 2.05) is 54.8 Å². The van der Waals surface area contributed by atoms with Crippen LogP contribution < -0.4 is 5.32 Å². The zero-order valence-electron chi connectivity index (χ0n) is 17.7. The Labute approximate surface area is 196 Å². The van der Waals surface area contributed by atoms with E-state index in [0.717, 1.165) is 39.8 Å². The molecule has 5 nitrogen and oxygen atoms in total. The van der Waals surface area contributed by atoms with Crippen molar-refractivity contribution in [3.63, 3.8) is 0 Å². The van der Waals surface area contributed by atoms with Crippen molar-refractivity contribution in [2.45, 2.75) is 32.9 Å². The van der Waals surface area contributed by atoms with Gasteiger partial charge < -0.3 is 9.88 Å². The summed E-state index contributed by atoms with van der Waals surface area (Å²) in [6.07, 6.45) is 5.97. The van der Waals surface area contributed by atoms with Crippen LogP contribution in [0.4, 0.5) is 0 Å². The molecule has 3 aromatic heterocycles. The van der Waals surface area contributed by atoms with Crippen molar-refractivity contribution in [3.8, 4) is 22.0 Å². The van der Waals surface area contributed by atoms with Gasteiger partial charge in [0.2, 0.25) is 0 Å². The quantitative estimate of drug-likeness (QED) is 0.367. The molecule has 162 valence electrons. The molecular formula is C25H23ClN4OS. The smallest absolute Gasteiger partial charge is 0.253 e. The summed E-state index contributed by atoms with van der Waals surface area (Å²) in [5.41, 5.74) is 5.42. The lowest BCUT2D eigenvalue weighted by Gasteiger charge is -2.10. The Bertz CT molecular complexity index is 1260. The number of nitrogens with zero attached hydrogens (tertiary/aromatic N) is 3. The van der Waals surface area contributed by atoms with E-state index < -0.39 is 0 Å². The topological polar surface area (TPSA) is 59.8 Å². The molecule has 5 rings (SSSR count). The Morgan fingerprint density at radius 3 is 2.84 bits per heavy atom. The number of hydrogen-bond donors (Lipinski definition) is 1. The van der Waals surface area contributed by atoms with Crippen molar-refractivity contribution >= 4 is 28.8 Å². The van der Waals surface area contributed by atoms with Gasteiger partial charge in [-0.05, 0) is 49.4 Å². The molecule has 1 amide bonds. The Morgan fingerprint density at radius 2 is 2.09 bits per heavy atom. The van der Waals surface area contributed by atoms with E-state index in [1.165, 1.54) is 12.8 Å². The molecule has 1 aliphatic carbocycles. The fraction of sp³-hybridized carbons (Fsp3) is 0.240. The number of halogens is 1. The van der Waals surface area contributed by atoms with Crippen LogP contribution in [0.15, 0.2) is 60.2 Å². The second kappa shape index (κ2) is 8.88. The van der Waals surface area contributed by atoms with Crippen LogP contribution in [0.1, 0.15) is 34.5 Å². The van der Waals surface area contributed by atoms with E-state index in [4.69, 9.17) is 16.6 Å². The summed E-state index contributed by atoms with van der Waals surface area (Å²) in [6, 6.07) is 13.5. The van der Waals surface area contributed by atoms with Crippen LogP contribution in [0.5, 0.6) is 0 Å². The SMILES string of the molecule is Cc1c(C(=O)NCc2cccnc2)cc(-c2csc(-c3ccccc3Cl)n2)n1CC1CC1. The molecule has 1 aliphatic rings. The summed E-state index contributed by atoms with van der Waals surface area (Å²) in [5, 5.41) is 6.65. The average Bonchev–Trinajstić information content (AvgIpc) is 3.40. The van der Waals surface area contributed by atoms with Crippen LogP contribution >= 0.6 is 22.9 Å². The lowest BCUT2D eigenvalue weighted by Crippen LogP contribution is -2.23. The first-order chi connectivity index (χ1) is 15.6. The van der Waals surface area contributed by atoms with Gasteiger partial charge in [-0.15, -0.1) is 11.3 Å². The van der Waals surface area contributed by atoms with E-state index in [0.29, 0.717) is 23.0 Å². The second-order valence-electron chi connectivity index (χ2n) is 8.14. The van der Waals surface area contributed by atoms with Gasteiger partial charge in [-0.1, -0.05) is 35.9 Å². The van der Waals surface area contributed by atoms with Gasteiger partial charge in [-0.25, -0.2) is 4.98 Å². The summed E-state index contributed by atoms with van der Waals surface area (Å²) >= 11 is 7.95. The largest absolute Gasteiger partial charge is 0.348 e. The maximum atomic E-state index is 13.0. The second-order valence-corrected chi connectivity index (χ2v) is 9.41. The molecule has 0 atom stereocenters. The molecular weight excluding hydrogens is 440 g/mol. The van der Waals surface area contributed by atoms with Crippen LogP contribution in [0, 0.1) is 12.8 Å². The first kappa shape index (κ1) is 20.9. The number of carbonyl (C=O) groups is 1. The monoisotopic (exact) mass is 462 g/mol. The highest BCUT2D eigenvalue weighted by Crippen LogP contribution is 2.37. The number of thiazole rings is 1. The standard InChI is InChI=1S/C25H23ClN4OS/c1-16-20(24(31)28-13-18-5-4-10-27-12-18)11-23(30(16)14-17-8-9-17)22-15-32-25(29-22)19-6-2-3-7-21(19)26/h2-7,10-12,15,17H,8-9,13-14H2,1H3,(H,28,31). The number of pyridine rings is 1. The van der Waals surface area contributed by atoms with Crippen molar-refractivity contribution in [2.75, 3.05) is 0 Å². The van der Waals surface area contributed by atoms with E-state index >= 15 is 0 Å². The Hall–Kier alpha value is -2.96. The van der Waals surface area contributed by atoms with Gasteiger partial charge in [-0.2, -0.15) is 0 Å². The Kier molecular flexibility index (Phi) is 5.81. The maximum Gasteiger partial charge on any atom is 0.253 e. The molecule has 0 bridgehead atoms. The minimum Gasteiger partial charge on any atom is -0.348 e. The normalized spacial score (nSPS) is 13.3. The number of amides is 1. The van der Waals surface area contributed by atoms with Gasteiger partial charge in [0.05, 0.1) is 22.0 Å². The molecule has 32 heavy (non-hydrogen) atoms. The first-order valence-corrected chi connectivity index (χ1v) is 11.9. The third kappa shape index (κ3) is 4.33. The van der Waals surface area contributed by atoms with Crippen molar-refractivity contribution in [1.29, 1.82) is 0 Å². The molecule has 7 heteroatoms. The summed E-state index contributed by atoms with van der Waals surface area (Å²) in [4.78, 5) is 22.0. The fourth-order valence-electron chi connectivity index (χ4n) is 3.81. The van der Waals surface area contributed by atoms with Crippen LogP contribution in [-0.4, -0.2) is 20.4 Å². The molecule has 1 aromatic carbocycles. The molecule has 0 aliphatic heterocycles. The highest BCUT2D eigenvalue weighted by atomic mass is 35.5. The van der Waals surface area contributed by atoms with E-state index in [2.05, 4.69) is 14.9 Å². The van der Waals surface area contributed by atoms with Crippen LogP contribution in [0.3, 0.4) is 0 Å². The zero-order chi connectivity index (χ0) is 22.1.